The summed E-state index contributed by atoms with van der Waals surface area (Å²) in [6.07, 6.45) is 0.340. The summed E-state index contributed by atoms with van der Waals surface area (Å²) < 4.78 is 9.94. The van der Waals surface area contributed by atoms with Crippen LogP contribution in [-0.4, -0.2) is 53.8 Å². The number of carboxylic acids is 1. The zero-order valence-electron chi connectivity index (χ0n) is 13.6. The number of methoxy groups -OCH3 is 1. The molecule has 0 aliphatic carbocycles. The van der Waals surface area contributed by atoms with Crippen LogP contribution in [0.1, 0.15) is 40.0 Å². The Kier molecular flexibility index (Phi) is 6.20. The number of likely N-dealkylation sites (tertiary alicyclic amines) is 1. The van der Waals surface area contributed by atoms with Crippen molar-refractivity contribution in [3.63, 3.8) is 0 Å². The fourth-order valence-corrected chi connectivity index (χ4v) is 2.54. The van der Waals surface area contributed by atoms with Gasteiger partial charge in [0, 0.05) is 19.5 Å². The lowest BCUT2D eigenvalue weighted by atomic mass is 9.85. The van der Waals surface area contributed by atoms with E-state index in [-0.39, 0.29) is 12.3 Å². The van der Waals surface area contributed by atoms with Crippen LogP contribution in [0.4, 0.5) is 4.79 Å². The van der Waals surface area contributed by atoms with Gasteiger partial charge in [0.25, 0.3) is 0 Å². The number of ether oxygens (including phenoxy) is 2. The first-order valence-electron chi connectivity index (χ1n) is 7.41. The van der Waals surface area contributed by atoms with Crippen LogP contribution in [0.3, 0.4) is 0 Å². The normalized spacial score (nSPS) is 22.6. The number of hydrogen-bond donors (Lipinski definition) is 1. The lowest BCUT2D eigenvalue weighted by molar-refractivity contribution is -0.146. The van der Waals surface area contributed by atoms with Gasteiger partial charge in [-0.2, -0.15) is 0 Å². The van der Waals surface area contributed by atoms with Crippen molar-refractivity contribution >= 4 is 18.0 Å². The first-order chi connectivity index (χ1) is 10.1. The molecule has 126 valence electrons. The molecule has 7 nitrogen and oxygen atoms in total. The van der Waals surface area contributed by atoms with Gasteiger partial charge in [0.15, 0.2) is 0 Å². The second-order valence-electron chi connectivity index (χ2n) is 6.53. The van der Waals surface area contributed by atoms with Crippen molar-refractivity contribution in [2.24, 2.45) is 11.8 Å². The number of carbonyl (C=O) groups excluding carboxylic acids is 2. The summed E-state index contributed by atoms with van der Waals surface area (Å²) >= 11 is 0. The molecule has 0 unspecified atom stereocenters. The van der Waals surface area contributed by atoms with Crippen molar-refractivity contribution in [1.29, 1.82) is 0 Å². The van der Waals surface area contributed by atoms with Crippen molar-refractivity contribution in [2.75, 3.05) is 20.2 Å². The van der Waals surface area contributed by atoms with Crippen LogP contribution in [0.25, 0.3) is 0 Å². The zero-order chi connectivity index (χ0) is 16.9. The predicted octanol–water partition coefficient (Wildman–Crippen LogP) is 1.90. The second-order valence-corrected chi connectivity index (χ2v) is 6.53. The highest BCUT2D eigenvalue weighted by atomic mass is 16.6. The SMILES string of the molecule is COC(=O)C[C@H]1CCN(C(=O)OC(C)(C)C)CC[C@H]1C(=O)O. The molecular weight excluding hydrogens is 290 g/mol. The Morgan fingerprint density at radius 3 is 2.27 bits per heavy atom. The summed E-state index contributed by atoms with van der Waals surface area (Å²) in [6.45, 7) is 6.03. The summed E-state index contributed by atoms with van der Waals surface area (Å²) in [6, 6.07) is 0. The lowest BCUT2D eigenvalue weighted by Crippen LogP contribution is -2.37. The van der Waals surface area contributed by atoms with Gasteiger partial charge in [-0.1, -0.05) is 0 Å². The van der Waals surface area contributed by atoms with E-state index in [1.807, 2.05) is 0 Å². The predicted molar refractivity (Wildman–Crippen MR) is 78.3 cm³/mol. The quantitative estimate of drug-likeness (QED) is 0.800. The molecule has 1 heterocycles. The average molecular weight is 315 g/mol. The molecule has 1 amide bonds. The second kappa shape index (κ2) is 7.47. The third-order valence-corrected chi connectivity index (χ3v) is 3.67. The minimum absolute atomic E-state index is 0.0512. The first-order valence-corrected chi connectivity index (χ1v) is 7.41. The summed E-state index contributed by atoms with van der Waals surface area (Å²) in [5.74, 6) is -2.37. The summed E-state index contributed by atoms with van der Waals surface area (Å²) in [7, 11) is 1.28. The first kappa shape index (κ1) is 18.3. The van der Waals surface area contributed by atoms with Crippen molar-refractivity contribution < 1.29 is 29.0 Å². The van der Waals surface area contributed by atoms with Crippen LogP contribution in [0, 0.1) is 11.8 Å². The van der Waals surface area contributed by atoms with Gasteiger partial charge in [-0.3, -0.25) is 9.59 Å². The van der Waals surface area contributed by atoms with Gasteiger partial charge in [-0.25, -0.2) is 4.79 Å². The van der Waals surface area contributed by atoms with E-state index in [0.717, 1.165) is 0 Å². The molecule has 1 saturated heterocycles. The molecule has 2 atom stereocenters. The Hall–Kier alpha value is -1.79. The van der Waals surface area contributed by atoms with Gasteiger partial charge in [0.2, 0.25) is 0 Å². The smallest absolute Gasteiger partial charge is 0.410 e. The molecule has 0 aromatic carbocycles. The van der Waals surface area contributed by atoms with E-state index in [2.05, 4.69) is 4.74 Å². The topological polar surface area (TPSA) is 93.1 Å². The number of rotatable bonds is 3. The van der Waals surface area contributed by atoms with E-state index < -0.39 is 29.6 Å². The molecule has 0 bridgehead atoms. The number of amides is 1. The van der Waals surface area contributed by atoms with E-state index in [4.69, 9.17) is 4.74 Å². The standard InChI is InChI=1S/C15H25NO6/c1-15(2,3)22-14(20)16-7-5-10(9-12(17)21-4)11(6-8-16)13(18)19/h10-11H,5-9H2,1-4H3,(H,18,19)/t10-,11-/m1/s1. The van der Waals surface area contributed by atoms with Crippen LogP contribution in [-0.2, 0) is 19.1 Å². The number of hydrogen-bond acceptors (Lipinski definition) is 5. The highest BCUT2D eigenvalue weighted by molar-refractivity contribution is 5.74. The largest absolute Gasteiger partial charge is 0.481 e. The van der Waals surface area contributed by atoms with Gasteiger partial charge in [0.05, 0.1) is 13.0 Å². The van der Waals surface area contributed by atoms with Crippen LogP contribution in [0.5, 0.6) is 0 Å². The number of aliphatic carboxylic acids is 1. The van der Waals surface area contributed by atoms with Crippen molar-refractivity contribution in [2.45, 2.75) is 45.6 Å². The molecule has 0 radical (unpaired) electrons. The van der Waals surface area contributed by atoms with Crippen molar-refractivity contribution in [1.82, 2.24) is 4.90 Å². The van der Waals surface area contributed by atoms with E-state index in [1.54, 1.807) is 20.8 Å². The monoisotopic (exact) mass is 315 g/mol. The highest BCUT2D eigenvalue weighted by Gasteiger charge is 2.35. The molecule has 1 aliphatic rings. The Balaban J connectivity index is 2.75. The van der Waals surface area contributed by atoms with Crippen LogP contribution in [0.15, 0.2) is 0 Å². The van der Waals surface area contributed by atoms with Gasteiger partial charge < -0.3 is 19.5 Å². The van der Waals surface area contributed by atoms with Gasteiger partial charge in [0.1, 0.15) is 5.60 Å². The number of carbonyl (C=O) groups is 3. The molecule has 0 aromatic rings. The van der Waals surface area contributed by atoms with Gasteiger partial charge >= 0.3 is 18.0 Å². The fraction of sp³-hybridized carbons (Fsp3) is 0.800. The molecular formula is C15H25NO6. The third kappa shape index (κ3) is 5.54. The van der Waals surface area contributed by atoms with Gasteiger partial charge in [-0.05, 0) is 39.5 Å². The number of nitrogens with zero attached hydrogens (tertiary/aromatic N) is 1. The zero-order valence-corrected chi connectivity index (χ0v) is 13.6. The Morgan fingerprint density at radius 2 is 1.77 bits per heavy atom. The third-order valence-electron chi connectivity index (χ3n) is 3.67. The minimum atomic E-state index is -0.944. The van der Waals surface area contributed by atoms with E-state index >= 15 is 0 Å². The maximum atomic E-state index is 12.1. The Morgan fingerprint density at radius 1 is 1.18 bits per heavy atom. The molecule has 0 saturated carbocycles. The number of carboxylic acid groups (broad SMARTS) is 1. The van der Waals surface area contributed by atoms with Crippen LogP contribution < -0.4 is 0 Å². The van der Waals surface area contributed by atoms with Crippen LogP contribution >= 0.6 is 0 Å². The van der Waals surface area contributed by atoms with E-state index in [1.165, 1.54) is 12.0 Å². The molecule has 7 heteroatoms. The number of esters is 1. The molecule has 1 fully saturated rings. The molecule has 0 spiro atoms. The minimum Gasteiger partial charge on any atom is -0.481 e. The summed E-state index contributed by atoms with van der Waals surface area (Å²) in [4.78, 5) is 36.5. The van der Waals surface area contributed by atoms with Crippen LogP contribution in [0.2, 0.25) is 0 Å². The van der Waals surface area contributed by atoms with E-state index in [0.29, 0.717) is 25.9 Å². The van der Waals surface area contributed by atoms with Crippen molar-refractivity contribution in [3.05, 3.63) is 0 Å². The maximum Gasteiger partial charge on any atom is 0.410 e. The molecule has 0 aromatic heterocycles. The molecule has 1 aliphatic heterocycles. The lowest BCUT2D eigenvalue weighted by Gasteiger charge is -2.26. The summed E-state index contributed by atoms with van der Waals surface area (Å²) in [5.41, 5.74) is -0.596. The van der Waals surface area contributed by atoms with E-state index in [9.17, 15) is 19.5 Å². The van der Waals surface area contributed by atoms with Crippen molar-refractivity contribution in [3.8, 4) is 0 Å². The molecule has 22 heavy (non-hydrogen) atoms. The fourth-order valence-electron chi connectivity index (χ4n) is 2.54. The molecule has 1 N–H and O–H groups in total. The highest BCUT2D eigenvalue weighted by Crippen LogP contribution is 2.28. The Labute approximate surface area is 130 Å². The van der Waals surface area contributed by atoms with Gasteiger partial charge in [-0.15, -0.1) is 0 Å². The summed E-state index contributed by atoms with van der Waals surface area (Å²) in [5, 5.41) is 9.34. The Bertz CT molecular complexity index is 428. The molecule has 1 rings (SSSR count). The average Bonchev–Trinajstić information content (AvgIpc) is 2.59. The maximum absolute atomic E-state index is 12.1.